The molecule has 4 N–H and O–H groups in total. The highest BCUT2D eigenvalue weighted by Crippen LogP contribution is 2.54. The van der Waals surface area contributed by atoms with Gasteiger partial charge in [0, 0.05) is 24.7 Å². The molecule has 0 spiro atoms. The number of hydrogen-bond acceptors (Lipinski definition) is 11. The van der Waals surface area contributed by atoms with E-state index in [0.717, 1.165) is 23.1 Å². The molecule has 16 heteroatoms. The number of likely N-dealkylation sites (tertiary alicyclic amines) is 1. The molecule has 4 amide bonds. The molecule has 1 aromatic carbocycles. The fourth-order valence-corrected chi connectivity index (χ4v) is 7.30. The van der Waals surface area contributed by atoms with Crippen molar-refractivity contribution in [2.75, 3.05) is 30.3 Å². The summed E-state index contributed by atoms with van der Waals surface area (Å²) in [5.41, 5.74) is 0.456. The summed E-state index contributed by atoms with van der Waals surface area (Å²) in [6.45, 7) is 1.01. The number of nitrogens with zero attached hydrogens (tertiary/aromatic N) is 5. The number of piperidine rings is 1. The second-order valence-corrected chi connectivity index (χ2v) is 11.7. The van der Waals surface area contributed by atoms with Crippen LogP contribution >= 0.6 is 23.1 Å². The van der Waals surface area contributed by atoms with E-state index in [1.165, 1.54) is 21.9 Å². The highest BCUT2D eigenvalue weighted by molar-refractivity contribution is 8.04. The predicted octanol–water partition coefficient (Wildman–Crippen LogP) is 2.67. The van der Waals surface area contributed by atoms with Crippen molar-refractivity contribution in [3.8, 4) is 5.75 Å². The maximum Gasteiger partial charge on any atom is 0.512 e. The molecule has 5 heterocycles. The molecule has 14 nitrogen and oxygen atoms in total. The van der Waals surface area contributed by atoms with Gasteiger partial charge in [0.15, 0.2) is 4.34 Å². The van der Waals surface area contributed by atoms with Crippen molar-refractivity contribution < 1.29 is 34.1 Å². The maximum atomic E-state index is 13.2. The topological polar surface area (TPSA) is 178 Å². The van der Waals surface area contributed by atoms with Crippen molar-refractivity contribution in [2.45, 2.75) is 22.8 Å². The Bertz CT molecular complexity index is 1510. The number of hydrogen-bond donors (Lipinski definition) is 4. The number of carbonyl (C=O) groups excluding carboxylic acids is 3. The Kier molecular flexibility index (Phi) is 7.00. The zero-order chi connectivity index (χ0) is 28.7. The molecule has 0 radical (unpaired) electrons. The number of thioether (sulfide) groups is 1. The second kappa shape index (κ2) is 10.8. The van der Waals surface area contributed by atoms with Gasteiger partial charge in [-0.05, 0) is 43.0 Å². The molecule has 1 aromatic heterocycles. The van der Waals surface area contributed by atoms with Crippen molar-refractivity contribution in [2.24, 2.45) is 5.92 Å². The summed E-state index contributed by atoms with van der Waals surface area (Å²) in [7, 11) is 0. The first kappa shape index (κ1) is 26.6. The number of carboxylic acid groups (broad SMARTS) is 1. The van der Waals surface area contributed by atoms with E-state index in [4.69, 9.17) is 4.74 Å². The van der Waals surface area contributed by atoms with E-state index in [-0.39, 0.29) is 41.7 Å². The third kappa shape index (κ3) is 5.18. The summed E-state index contributed by atoms with van der Waals surface area (Å²) >= 11 is 2.25. The minimum Gasteiger partial charge on any atom is -0.508 e. The van der Waals surface area contributed by atoms with Gasteiger partial charge in [0.1, 0.15) is 11.8 Å². The molecule has 0 bridgehead atoms. The van der Waals surface area contributed by atoms with Gasteiger partial charge >= 0.3 is 12.2 Å². The Labute approximate surface area is 240 Å². The number of phenolic OH excluding ortho intramolecular Hbond substituents is 1. The fraction of sp³-hybridized carbons (Fsp3) is 0.280. The van der Waals surface area contributed by atoms with Crippen LogP contribution in [0.25, 0.3) is 0 Å². The maximum absolute atomic E-state index is 13.2. The van der Waals surface area contributed by atoms with Crippen LogP contribution in [0, 0.1) is 5.92 Å². The van der Waals surface area contributed by atoms with Crippen LogP contribution in [0.2, 0.25) is 0 Å². The van der Waals surface area contributed by atoms with Crippen molar-refractivity contribution in [3.63, 3.8) is 0 Å². The van der Waals surface area contributed by atoms with Crippen LogP contribution in [-0.2, 0) is 14.3 Å². The number of benzene rings is 1. The number of β-lactam (4-membered cyclic amide) rings is 1. The Balaban J connectivity index is 1.15. The van der Waals surface area contributed by atoms with Gasteiger partial charge in [0.05, 0.1) is 17.5 Å². The van der Waals surface area contributed by atoms with Gasteiger partial charge in [0.2, 0.25) is 16.9 Å². The summed E-state index contributed by atoms with van der Waals surface area (Å²) in [4.78, 5) is 55.3. The van der Waals surface area contributed by atoms with Crippen LogP contribution in [0.3, 0.4) is 0 Å². The summed E-state index contributed by atoms with van der Waals surface area (Å²) in [6, 6.07) is 4.20. The number of amides is 4. The van der Waals surface area contributed by atoms with Gasteiger partial charge in [-0.25, -0.2) is 9.59 Å². The minimum absolute atomic E-state index is 0.0547. The van der Waals surface area contributed by atoms with Gasteiger partial charge in [0.25, 0.3) is 5.91 Å². The minimum atomic E-state index is -1.57. The van der Waals surface area contributed by atoms with Gasteiger partial charge in [-0.2, -0.15) is 0 Å². The monoisotopic (exact) mass is 597 g/mol. The van der Waals surface area contributed by atoms with Crippen LogP contribution in [0.4, 0.5) is 20.4 Å². The molecule has 4 aliphatic heterocycles. The smallest absolute Gasteiger partial charge is 0.508 e. The Morgan fingerprint density at radius 1 is 1.15 bits per heavy atom. The van der Waals surface area contributed by atoms with Gasteiger partial charge in [-0.15, -0.1) is 10.2 Å². The zero-order valence-electron chi connectivity index (χ0n) is 21.2. The average molecular weight is 598 g/mol. The molecule has 1 unspecified atom stereocenters. The number of allylic oxidation sites excluding steroid dienone is 2. The van der Waals surface area contributed by atoms with Crippen LogP contribution in [0.1, 0.15) is 6.42 Å². The largest absolute Gasteiger partial charge is 0.512 e. The van der Waals surface area contributed by atoms with Crippen LogP contribution in [-0.4, -0.2) is 90.8 Å². The first-order valence-electron chi connectivity index (χ1n) is 12.5. The third-order valence-electron chi connectivity index (χ3n) is 6.95. The number of anilines is 2. The standard InChI is InChI=1S/C25H23N7O7S2/c33-14-6-4-13(5-7-14)26-23(36)31-11-8-15-17-18(31)20(35)32(17)21(39-25(37)38)19(15)40-24-29-28-22(41-24)27-16(34)12-30-9-2-1-3-10-30/h1-7,9,15,17-18,33H,8,10-12H2,(H,26,36)(H,37,38)(H,27,28,34)/t15?,17-,18+/m1/s1. The van der Waals surface area contributed by atoms with Crippen molar-refractivity contribution in [1.29, 1.82) is 0 Å². The van der Waals surface area contributed by atoms with Gasteiger partial charge in [-0.1, -0.05) is 35.3 Å². The average Bonchev–Trinajstić information content (AvgIpc) is 3.50. The van der Waals surface area contributed by atoms with Crippen LogP contribution in [0.5, 0.6) is 5.75 Å². The lowest BCUT2D eigenvalue weighted by Gasteiger charge is -2.52. The van der Waals surface area contributed by atoms with E-state index < -0.39 is 30.2 Å². The van der Waals surface area contributed by atoms with E-state index in [9.17, 15) is 29.4 Å². The van der Waals surface area contributed by atoms with E-state index in [1.807, 2.05) is 29.3 Å². The Morgan fingerprint density at radius 2 is 1.95 bits per heavy atom. The lowest BCUT2D eigenvalue weighted by atomic mass is 9.81. The second-order valence-electron chi connectivity index (χ2n) is 9.47. The SMILES string of the molecule is O=C(CN1C=CC=CC1)Nc1nnc(SC2=C(OC(=O)O)N3C(=O)[C@@H]4[C@H]3C2CCN4C(=O)Nc2ccc(O)cc2)s1. The van der Waals surface area contributed by atoms with Crippen LogP contribution in [0.15, 0.2) is 63.8 Å². The molecule has 2 aromatic rings. The highest BCUT2D eigenvalue weighted by Gasteiger charge is 2.64. The molecular formula is C25H23N7O7S2. The lowest BCUT2D eigenvalue weighted by molar-refractivity contribution is -0.160. The number of phenols is 1. The van der Waals surface area contributed by atoms with Crippen molar-refractivity contribution in [1.82, 2.24) is 24.9 Å². The predicted molar refractivity (Wildman–Crippen MR) is 147 cm³/mol. The molecule has 2 fully saturated rings. The van der Waals surface area contributed by atoms with Gasteiger partial charge in [-0.3, -0.25) is 19.8 Å². The van der Waals surface area contributed by atoms with E-state index in [0.29, 0.717) is 27.9 Å². The molecular weight excluding hydrogens is 574 g/mol. The third-order valence-corrected chi connectivity index (χ3v) is 9.04. The zero-order valence-corrected chi connectivity index (χ0v) is 22.8. The molecule has 3 atom stereocenters. The summed E-state index contributed by atoms with van der Waals surface area (Å²) in [5, 5.41) is 32.8. The number of nitrogens with one attached hydrogen (secondary N) is 2. The number of aromatic nitrogens is 2. The number of aromatic hydroxyl groups is 1. The quantitative estimate of drug-likeness (QED) is 0.160. The molecule has 2 saturated heterocycles. The summed E-state index contributed by atoms with van der Waals surface area (Å²) in [6.07, 6.45) is 6.37. The molecule has 4 aliphatic rings. The van der Waals surface area contributed by atoms with E-state index >= 15 is 0 Å². The van der Waals surface area contributed by atoms with Crippen molar-refractivity contribution >= 4 is 57.9 Å². The summed E-state index contributed by atoms with van der Waals surface area (Å²) in [5.74, 6) is -1.03. The number of ether oxygens (including phenoxy) is 1. The number of carbonyl (C=O) groups is 4. The Hall–Kier alpha value is -4.57. The van der Waals surface area contributed by atoms with E-state index in [1.54, 1.807) is 12.1 Å². The lowest BCUT2D eigenvalue weighted by Crippen LogP contribution is -2.73. The van der Waals surface area contributed by atoms with Gasteiger partial charge < -0.3 is 30.1 Å². The van der Waals surface area contributed by atoms with Crippen LogP contribution < -0.4 is 10.6 Å². The highest BCUT2D eigenvalue weighted by atomic mass is 32.2. The normalized spacial score (nSPS) is 22.4. The molecule has 41 heavy (non-hydrogen) atoms. The Morgan fingerprint density at radius 3 is 2.68 bits per heavy atom. The molecule has 212 valence electrons. The van der Waals surface area contributed by atoms with Crippen molar-refractivity contribution in [3.05, 3.63) is 59.5 Å². The molecule has 0 saturated carbocycles. The number of urea groups is 1. The number of rotatable bonds is 7. The van der Waals surface area contributed by atoms with E-state index in [2.05, 4.69) is 20.8 Å². The fourth-order valence-electron chi connectivity index (χ4n) is 5.23. The molecule has 6 rings (SSSR count). The molecule has 0 aliphatic carbocycles. The first-order valence-corrected chi connectivity index (χ1v) is 14.1. The first-order chi connectivity index (χ1) is 19.8. The summed E-state index contributed by atoms with van der Waals surface area (Å²) < 4.78 is 5.51.